The molecule has 2 nitrogen and oxygen atoms in total. The second kappa shape index (κ2) is 11.2. The number of halogens is 1. The van der Waals surface area contributed by atoms with Gasteiger partial charge in [0.2, 0.25) is 0 Å². The second-order valence-electron chi connectivity index (χ2n) is 5.46. The Morgan fingerprint density at radius 1 is 1.06 bits per heavy atom. The molecule has 3 heteroatoms. The number of unbranched alkanes of at least 4 members (excludes halogenated alkanes) is 6. The molecule has 0 aromatic heterocycles. The van der Waals surface area contributed by atoms with Gasteiger partial charge >= 0.3 is 0 Å². The minimum absolute atomic E-state index is 0.489. The molecule has 1 aliphatic heterocycles. The van der Waals surface area contributed by atoms with Gasteiger partial charge in [-0.05, 0) is 38.8 Å². The number of nitrogens with zero attached hydrogens (tertiary/aromatic N) is 1. The number of rotatable bonds is 10. The van der Waals surface area contributed by atoms with Crippen LogP contribution in [0.2, 0.25) is 0 Å². The third kappa shape index (κ3) is 7.75. The molecule has 1 atom stereocenters. The molecular weight excluding hydrogens is 290 g/mol. The molecule has 1 aliphatic rings. The summed E-state index contributed by atoms with van der Waals surface area (Å²) < 4.78 is 5.46. The van der Waals surface area contributed by atoms with E-state index in [2.05, 4.69) is 20.8 Å². The van der Waals surface area contributed by atoms with Gasteiger partial charge in [-0.3, -0.25) is 0 Å². The maximum absolute atomic E-state index is 5.46. The molecular formula is C15H30BrNO. The molecule has 1 saturated heterocycles. The van der Waals surface area contributed by atoms with Gasteiger partial charge in [-0.2, -0.15) is 0 Å². The molecule has 0 aromatic carbocycles. The van der Waals surface area contributed by atoms with Crippen molar-refractivity contribution in [2.24, 2.45) is 0 Å². The van der Waals surface area contributed by atoms with Gasteiger partial charge < -0.3 is 9.64 Å². The monoisotopic (exact) mass is 319 g/mol. The van der Waals surface area contributed by atoms with Crippen molar-refractivity contribution in [2.75, 3.05) is 32.1 Å². The van der Waals surface area contributed by atoms with Gasteiger partial charge in [0.1, 0.15) is 0 Å². The number of piperidine rings is 1. The van der Waals surface area contributed by atoms with Gasteiger partial charge in [0.05, 0.1) is 6.10 Å². The highest BCUT2D eigenvalue weighted by atomic mass is 79.9. The second-order valence-corrected chi connectivity index (χ2v) is 6.26. The molecule has 1 fully saturated rings. The van der Waals surface area contributed by atoms with Crippen LogP contribution in [0.3, 0.4) is 0 Å². The van der Waals surface area contributed by atoms with Crippen molar-refractivity contribution >= 4 is 15.9 Å². The molecule has 0 radical (unpaired) electrons. The Labute approximate surface area is 122 Å². The lowest BCUT2D eigenvalue weighted by Gasteiger charge is -2.31. The highest BCUT2D eigenvalue weighted by Crippen LogP contribution is 2.14. The number of methoxy groups -OCH3 is 1. The van der Waals surface area contributed by atoms with Gasteiger partial charge in [0.25, 0.3) is 0 Å². The summed E-state index contributed by atoms with van der Waals surface area (Å²) in [6, 6.07) is 0. The van der Waals surface area contributed by atoms with E-state index in [1.54, 1.807) is 0 Å². The van der Waals surface area contributed by atoms with Crippen LogP contribution < -0.4 is 0 Å². The lowest BCUT2D eigenvalue weighted by molar-refractivity contribution is 0.0309. The fourth-order valence-electron chi connectivity index (χ4n) is 2.72. The van der Waals surface area contributed by atoms with Crippen LogP contribution in [0.15, 0.2) is 0 Å². The number of alkyl halides is 1. The standard InChI is InChI=1S/C15H30BrNO/c1-18-15-10-9-13-17(14-15)12-8-6-4-2-3-5-7-11-16/h15H,2-14H2,1H3. The summed E-state index contributed by atoms with van der Waals surface area (Å²) in [5.41, 5.74) is 0. The summed E-state index contributed by atoms with van der Waals surface area (Å²) in [7, 11) is 1.85. The molecule has 0 spiro atoms. The zero-order valence-electron chi connectivity index (χ0n) is 12.0. The fourth-order valence-corrected chi connectivity index (χ4v) is 3.12. The summed E-state index contributed by atoms with van der Waals surface area (Å²) >= 11 is 3.48. The van der Waals surface area contributed by atoms with Crippen LogP contribution in [-0.2, 0) is 4.74 Å². The van der Waals surface area contributed by atoms with Crippen molar-refractivity contribution in [3.63, 3.8) is 0 Å². The summed E-state index contributed by atoms with van der Waals surface area (Å²) in [5, 5.41) is 1.17. The van der Waals surface area contributed by atoms with Gasteiger partial charge in [0, 0.05) is 19.0 Å². The van der Waals surface area contributed by atoms with E-state index in [0.29, 0.717) is 6.10 Å². The highest BCUT2D eigenvalue weighted by molar-refractivity contribution is 9.09. The lowest BCUT2D eigenvalue weighted by atomic mass is 10.1. The minimum Gasteiger partial charge on any atom is -0.380 e. The molecule has 0 saturated carbocycles. The molecule has 0 bridgehead atoms. The van der Waals surface area contributed by atoms with E-state index >= 15 is 0 Å². The van der Waals surface area contributed by atoms with Crippen molar-refractivity contribution in [1.29, 1.82) is 0 Å². The van der Waals surface area contributed by atoms with E-state index < -0.39 is 0 Å². The quantitative estimate of drug-likeness (QED) is 0.441. The van der Waals surface area contributed by atoms with Crippen molar-refractivity contribution in [3.05, 3.63) is 0 Å². The van der Waals surface area contributed by atoms with Crippen LogP contribution in [0, 0.1) is 0 Å². The Kier molecular flexibility index (Phi) is 10.3. The minimum atomic E-state index is 0.489. The first-order chi connectivity index (χ1) is 8.86. The molecule has 18 heavy (non-hydrogen) atoms. The number of hydrogen-bond donors (Lipinski definition) is 0. The van der Waals surface area contributed by atoms with E-state index in [0.717, 1.165) is 6.54 Å². The topological polar surface area (TPSA) is 12.5 Å². The zero-order valence-corrected chi connectivity index (χ0v) is 13.6. The normalized spacial score (nSPS) is 21.3. The maximum Gasteiger partial charge on any atom is 0.0698 e. The van der Waals surface area contributed by atoms with Crippen molar-refractivity contribution < 1.29 is 4.74 Å². The van der Waals surface area contributed by atoms with E-state index in [-0.39, 0.29) is 0 Å². The molecule has 0 N–H and O–H groups in total. The van der Waals surface area contributed by atoms with Gasteiger partial charge in [-0.1, -0.05) is 48.0 Å². The van der Waals surface area contributed by atoms with E-state index in [1.165, 1.54) is 76.2 Å². The summed E-state index contributed by atoms with van der Waals surface area (Å²) in [6.45, 7) is 3.72. The fraction of sp³-hybridized carbons (Fsp3) is 1.00. The van der Waals surface area contributed by atoms with E-state index in [4.69, 9.17) is 4.74 Å². The predicted molar refractivity (Wildman–Crippen MR) is 82.6 cm³/mol. The molecule has 108 valence electrons. The van der Waals surface area contributed by atoms with Crippen LogP contribution in [0.4, 0.5) is 0 Å². The van der Waals surface area contributed by atoms with Crippen LogP contribution in [-0.4, -0.2) is 43.1 Å². The zero-order chi connectivity index (χ0) is 13.1. The Morgan fingerprint density at radius 3 is 2.39 bits per heavy atom. The van der Waals surface area contributed by atoms with Crippen molar-refractivity contribution in [2.45, 2.75) is 63.9 Å². The summed E-state index contributed by atoms with van der Waals surface area (Å²) in [4.78, 5) is 2.59. The van der Waals surface area contributed by atoms with Crippen LogP contribution >= 0.6 is 15.9 Å². The maximum atomic E-state index is 5.46. The molecule has 0 amide bonds. The smallest absolute Gasteiger partial charge is 0.0698 e. The van der Waals surface area contributed by atoms with E-state index in [9.17, 15) is 0 Å². The van der Waals surface area contributed by atoms with Crippen molar-refractivity contribution in [3.8, 4) is 0 Å². The van der Waals surface area contributed by atoms with Gasteiger partial charge in [0.15, 0.2) is 0 Å². The predicted octanol–water partition coefficient (Wildman–Crippen LogP) is 4.22. The lowest BCUT2D eigenvalue weighted by Crippen LogP contribution is -2.39. The molecule has 1 unspecified atom stereocenters. The third-order valence-corrected chi connectivity index (χ3v) is 4.46. The third-order valence-electron chi connectivity index (χ3n) is 3.90. The SMILES string of the molecule is COC1CCCN(CCCCCCCCCBr)C1. The van der Waals surface area contributed by atoms with Gasteiger partial charge in [-0.25, -0.2) is 0 Å². The molecule has 1 rings (SSSR count). The number of likely N-dealkylation sites (tertiary alicyclic amines) is 1. The Bertz CT molecular complexity index is 189. The Morgan fingerprint density at radius 2 is 1.72 bits per heavy atom. The van der Waals surface area contributed by atoms with Crippen molar-refractivity contribution in [1.82, 2.24) is 4.90 Å². The molecule has 0 aliphatic carbocycles. The highest BCUT2D eigenvalue weighted by Gasteiger charge is 2.18. The number of hydrogen-bond acceptors (Lipinski definition) is 2. The Hall–Kier alpha value is 0.400. The van der Waals surface area contributed by atoms with Gasteiger partial charge in [-0.15, -0.1) is 0 Å². The van der Waals surface area contributed by atoms with E-state index in [1.807, 2.05) is 7.11 Å². The first kappa shape index (κ1) is 16.5. The molecule has 1 heterocycles. The van der Waals surface area contributed by atoms with Crippen LogP contribution in [0.1, 0.15) is 57.8 Å². The average Bonchev–Trinajstić information content (AvgIpc) is 2.42. The molecule has 0 aromatic rings. The summed E-state index contributed by atoms with van der Waals surface area (Å²) in [5.74, 6) is 0. The number of ether oxygens (including phenoxy) is 1. The Balaban J connectivity index is 1.88. The first-order valence-electron chi connectivity index (χ1n) is 7.68. The van der Waals surface area contributed by atoms with Crippen LogP contribution in [0.25, 0.3) is 0 Å². The first-order valence-corrected chi connectivity index (χ1v) is 8.80. The average molecular weight is 320 g/mol. The summed E-state index contributed by atoms with van der Waals surface area (Å²) in [6.07, 6.45) is 12.8. The largest absolute Gasteiger partial charge is 0.380 e. The van der Waals surface area contributed by atoms with Crippen LogP contribution in [0.5, 0.6) is 0 Å².